The minimum absolute atomic E-state index is 0.686. The van der Waals surface area contributed by atoms with Gasteiger partial charge in [0.15, 0.2) is 0 Å². The van der Waals surface area contributed by atoms with Gasteiger partial charge in [-0.1, -0.05) is 18.9 Å². The third-order valence-corrected chi connectivity index (χ3v) is 3.24. The lowest BCUT2D eigenvalue weighted by molar-refractivity contribution is 0.388. The van der Waals surface area contributed by atoms with E-state index in [-0.39, 0.29) is 0 Å². The van der Waals surface area contributed by atoms with E-state index in [1.807, 2.05) is 12.1 Å². The Hall–Kier alpha value is -1.18. The molecule has 0 aromatic heterocycles. The van der Waals surface area contributed by atoms with Crippen LogP contribution in [0.15, 0.2) is 18.2 Å². The van der Waals surface area contributed by atoms with Gasteiger partial charge in [-0.05, 0) is 30.4 Å². The monoisotopic (exact) mass is 206 g/mol. The van der Waals surface area contributed by atoms with Gasteiger partial charge in [-0.3, -0.25) is 0 Å². The van der Waals surface area contributed by atoms with E-state index >= 15 is 0 Å². The lowest BCUT2D eigenvalue weighted by atomic mass is 9.96. The van der Waals surface area contributed by atoms with Crippen molar-refractivity contribution in [1.82, 2.24) is 0 Å². The van der Waals surface area contributed by atoms with Gasteiger partial charge in [-0.25, -0.2) is 0 Å². The molecule has 0 heterocycles. The molecule has 1 aliphatic carbocycles. The number of methoxy groups -OCH3 is 2. The normalized spacial score (nSPS) is 16.7. The maximum atomic E-state index is 5.42. The van der Waals surface area contributed by atoms with Crippen LogP contribution in [0.3, 0.4) is 0 Å². The van der Waals surface area contributed by atoms with Crippen molar-refractivity contribution in [1.29, 1.82) is 0 Å². The van der Waals surface area contributed by atoms with Crippen molar-refractivity contribution < 1.29 is 9.47 Å². The van der Waals surface area contributed by atoms with E-state index in [9.17, 15) is 0 Å². The van der Waals surface area contributed by atoms with Gasteiger partial charge in [0.1, 0.15) is 11.5 Å². The smallest absolute Gasteiger partial charge is 0.126 e. The molecule has 0 bridgehead atoms. The largest absolute Gasteiger partial charge is 0.497 e. The van der Waals surface area contributed by atoms with Crippen molar-refractivity contribution in [2.45, 2.75) is 31.6 Å². The zero-order valence-electron chi connectivity index (χ0n) is 9.45. The molecule has 0 saturated heterocycles. The highest BCUT2D eigenvalue weighted by atomic mass is 16.5. The fourth-order valence-electron chi connectivity index (χ4n) is 2.39. The molecular formula is C13H18O2. The molecule has 2 rings (SSSR count). The molecule has 0 aliphatic heterocycles. The van der Waals surface area contributed by atoms with E-state index in [1.165, 1.54) is 31.2 Å². The summed E-state index contributed by atoms with van der Waals surface area (Å²) in [5, 5.41) is 0. The Balaban J connectivity index is 2.29. The highest BCUT2D eigenvalue weighted by Crippen LogP contribution is 2.39. The van der Waals surface area contributed by atoms with Gasteiger partial charge in [-0.2, -0.15) is 0 Å². The van der Waals surface area contributed by atoms with E-state index in [0.29, 0.717) is 5.92 Å². The third-order valence-electron chi connectivity index (χ3n) is 3.24. The first-order valence-corrected chi connectivity index (χ1v) is 5.57. The Morgan fingerprint density at radius 1 is 1.07 bits per heavy atom. The summed E-state index contributed by atoms with van der Waals surface area (Å²) in [4.78, 5) is 0. The van der Waals surface area contributed by atoms with E-state index in [2.05, 4.69) is 6.07 Å². The molecule has 1 aromatic rings. The summed E-state index contributed by atoms with van der Waals surface area (Å²) in [5.74, 6) is 2.53. The van der Waals surface area contributed by atoms with Gasteiger partial charge in [0.2, 0.25) is 0 Å². The highest BCUT2D eigenvalue weighted by molar-refractivity contribution is 5.43. The summed E-state index contributed by atoms with van der Waals surface area (Å²) >= 11 is 0. The molecule has 1 aliphatic rings. The second-order valence-corrected chi connectivity index (χ2v) is 4.09. The Labute approximate surface area is 91.2 Å². The maximum Gasteiger partial charge on any atom is 0.126 e. The van der Waals surface area contributed by atoms with Gasteiger partial charge in [-0.15, -0.1) is 0 Å². The SMILES string of the molecule is COc1ccc(C2CCCC2)c(OC)c1. The highest BCUT2D eigenvalue weighted by Gasteiger charge is 2.20. The fourth-order valence-corrected chi connectivity index (χ4v) is 2.39. The number of hydrogen-bond donors (Lipinski definition) is 0. The Bertz CT molecular complexity index is 327. The average Bonchev–Trinajstić information content (AvgIpc) is 2.81. The van der Waals surface area contributed by atoms with Gasteiger partial charge < -0.3 is 9.47 Å². The average molecular weight is 206 g/mol. The second kappa shape index (κ2) is 4.56. The Kier molecular flexibility index (Phi) is 3.14. The summed E-state index contributed by atoms with van der Waals surface area (Å²) < 4.78 is 10.6. The number of rotatable bonds is 3. The molecule has 0 spiro atoms. The van der Waals surface area contributed by atoms with Crippen LogP contribution in [0.2, 0.25) is 0 Å². The third kappa shape index (κ3) is 2.09. The zero-order chi connectivity index (χ0) is 10.7. The fraction of sp³-hybridized carbons (Fsp3) is 0.538. The summed E-state index contributed by atoms with van der Waals surface area (Å²) in [5.41, 5.74) is 1.34. The van der Waals surface area contributed by atoms with Crippen molar-refractivity contribution in [2.75, 3.05) is 14.2 Å². The van der Waals surface area contributed by atoms with Crippen LogP contribution in [-0.2, 0) is 0 Å². The van der Waals surface area contributed by atoms with Gasteiger partial charge in [0.25, 0.3) is 0 Å². The van der Waals surface area contributed by atoms with Crippen LogP contribution in [0, 0.1) is 0 Å². The first-order chi connectivity index (χ1) is 7.35. The predicted molar refractivity (Wildman–Crippen MR) is 60.8 cm³/mol. The molecule has 15 heavy (non-hydrogen) atoms. The maximum absolute atomic E-state index is 5.42. The van der Waals surface area contributed by atoms with Gasteiger partial charge in [0, 0.05) is 6.07 Å². The van der Waals surface area contributed by atoms with E-state index < -0.39 is 0 Å². The minimum Gasteiger partial charge on any atom is -0.497 e. The lowest BCUT2D eigenvalue weighted by Gasteiger charge is -2.15. The molecule has 2 nitrogen and oxygen atoms in total. The van der Waals surface area contributed by atoms with Crippen LogP contribution in [-0.4, -0.2) is 14.2 Å². The topological polar surface area (TPSA) is 18.5 Å². The van der Waals surface area contributed by atoms with Crippen LogP contribution < -0.4 is 9.47 Å². The molecular weight excluding hydrogens is 188 g/mol. The van der Waals surface area contributed by atoms with Gasteiger partial charge >= 0.3 is 0 Å². The van der Waals surface area contributed by atoms with Crippen molar-refractivity contribution in [3.8, 4) is 11.5 Å². The van der Waals surface area contributed by atoms with E-state index in [4.69, 9.17) is 9.47 Å². The van der Waals surface area contributed by atoms with Crippen molar-refractivity contribution in [3.63, 3.8) is 0 Å². The molecule has 0 atom stereocenters. The van der Waals surface area contributed by atoms with Crippen molar-refractivity contribution in [3.05, 3.63) is 23.8 Å². The Morgan fingerprint density at radius 2 is 1.80 bits per heavy atom. The zero-order valence-corrected chi connectivity index (χ0v) is 9.45. The van der Waals surface area contributed by atoms with Crippen LogP contribution in [0.4, 0.5) is 0 Å². The summed E-state index contributed by atoms with van der Waals surface area (Å²) in [7, 11) is 3.41. The molecule has 0 radical (unpaired) electrons. The van der Waals surface area contributed by atoms with Crippen molar-refractivity contribution in [2.24, 2.45) is 0 Å². The first kappa shape index (κ1) is 10.3. The molecule has 0 N–H and O–H groups in total. The lowest BCUT2D eigenvalue weighted by Crippen LogP contribution is -1.97. The molecule has 1 aromatic carbocycles. The summed E-state index contributed by atoms with van der Waals surface area (Å²) in [6.45, 7) is 0. The van der Waals surface area contributed by atoms with Gasteiger partial charge in [0.05, 0.1) is 14.2 Å². The number of benzene rings is 1. The summed E-state index contributed by atoms with van der Waals surface area (Å²) in [6.07, 6.45) is 5.28. The molecule has 1 saturated carbocycles. The van der Waals surface area contributed by atoms with Crippen molar-refractivity contribution >= 4 is 0 Å². The molecule has 0 unspecified atom stereocenters. The minimum atomic E-state index is 0.686. The predicted octanol–water partition coefficient (Wildman–Crippen LogP) is 3.36. The molecule has 1 fully saturated rings. The van der Waals surface area contributed by atoms with E-state index in [1.54, 1.807) is 14.2 Å². The van der Waals surface area contributed by atoms with Crippen LogP contribution in [0.1, 0.15) is 37.2 Å². The quantitative estimate of drug-likeness (QED) is 0.755. The van der Waals surface area contributed by atoms with Crippen LogP contribution in [0.5, 0.6) is 11.5 Å². The summed E-state index contributed by atoms with van der Waals surface area (Å²) in [6, 6.07) is 6.15. The number of hydrogen-bond acceptors (Lipinski definition) is 2. The standard InChI is InChI=1S/C13H18O2/c1-14-11-7-8-12(13(9-11)15-2)10-5-3-4-6-10/h7-10H,3-6H2,1-2H3. The molecule has 2 heteroatoms. The second-order valence-electron chi connectivity index (χ2n) is 4.09. The molecule has 0 amide bonds. The first-order valence-electron chi connectivity index (χ1n) is 5.57. The van der Waals surface area contributed by atoms with Crippen LogP contribution >= 0.6 is 0 Å². The van der Waals surface area contributed by atoms with E-state index in [0.717, 1.165) is 11.5 Å². The van der Waals surface area contributed by atoms with Crippen LogP contribution in [0.25, 0.3) is 0 Å². The molecule has 82 valence electrons. The number of ether oxygens (including phenoxy) is 2. The Morgan fingerprint density at radius 3 is 2.40 bits per heavy atom.